The lowest BCUT2D eigenvalue weighted by molar-refractivity contribution is 0.0697. The van der Waals surface area contributed by atoms with Crippen molar-refractivity contribution < 1.29 is 14.6 Å². The average molecular weight is 266 g/mol. The molecule has 1 aromatic rings. The van der Waals surface area contributed by atoms with Crippen molar-refractivity contribution in [2.75, 3.05) is 24.2 Å². The minimum absolute atomic E-state index is 0.243. The van der Waals surface area contributed by atoms with Gasteiger partial charge in [-0.05, 0) is 44.9 Å². The van der Waals surface area contributed by atoms with Crippen LogP contribution < -0.4 is 11.1 Å². The summed E-state index contributed by atoms with van der Waals surface area (Å²) in [6.45, 7) is 5.43. The first-order chi connectivity index (χ1) is 9.00. The van der Waals surface area contributed by atoms with E-state index in [0.29, 0.717) is 17.9 Å². The van der Waals surface area contributed by atoms with E-state index in [1.54, 1.807) is 12.1 Å². The van der Waals surface area contributed by atoms with E-state index in [1.165, 1.54) is 6.07 Å². The van der Waals surface area contributed by atoms with Crippen molar-refractivity contribution in [1.82, 2.24) is 0 Å². The normalized spacial score (nSPS) is 10.7. The van der Waals surface area contributed by atoms with E-state index >= 15 is 0 Å². The third-order valence-corrected chi connectivity index (χ3v) is 2.61. The molecule has 0 bridgehead atoms. The second-order valence-corrected chi connectivity index (χ2v) is 4.66. The molecule has 19 heavy (non-hydrogen) atoms. The highest BCUT2D eigenvalue weighted by Crippen LogP contribution is 2.19. The number of unbranched alkanes of at least 4 members (excludes halogenated alkanes) is 1. The number of hydrogen-bond donors (Lipinski definition) is 3. The quantitative estimate of drug-likeness (QED) is 0.497. The molecule has 0 saturated carbocycles. The standard InChI is InChI=1S/C14H22N2O3/c1-10(2)19-8-4-3-7-16-13-9-11(15)5-6-12(13)14(17)18/h5-6,9-10,16H,3-4,7-8,15H2,1-2H3,(H,17,18). The van der Waals surface area contributed by atoms with Crippen molar-refractivity contribution >= 4 is 17.3 Å². The van der Waals surface area contributed by atoms with Gasteiger partial charge in [0.05, 0.1) is 17.4 Å². The van der Waals surface area contributed by atoms with Crippen LogP contribution in [0.3, 0.4) is 0 Å². The lowest BCUT2D eigenvalue weighted by Gasteiger charge is -2.11. The van der Waals surface area contributed by atoms with Crippen molar-refractivity contribution in [3.63, 3.8) is 0 Å². The summed E-state index contributed by atoms with van der Waals surface area (Å²) in [5, 5.41) is 12.2. The minimum Gasteiger partial charge on any atom is -0.478 e. The van der Waals surface area contributed by atoms with E-state index in [9.17, 15) is 4.79 Å². The number of anilines is 2. The number of nitrogen functional groups attached to an aromatic ring is 1. The maximum absolute atomic E-state index is 11.0. The molecule has 0 amide bonds. The maximum Gasteiger partial charge on any atom is 0.337 e. The molecular weight excluding hydrogens is 244 g/mol. The Morgan fingerprint density at radius 3 is 2.79 bits per heavy atom. The zero-order valence-electron chi connectivity index (χ0n) is 11.5. The molecule has 1 aromatic carbocycles. The average Bonchev–Trinajstić information content (AvgIpc) is 2.33. The summed E-state index contributed by atoms with van der Waals surface area (Å²) in [6, 6.07) is 4.75. The fourth-order valence-electron chi connectivity index (χ4n) is 1.66. The van der Waals surface area contributed by atoms with Crippen molar-refractivity contribution in [2.45, 2.75) is 32.8 Å². The molecule has 1 rings (SSSR count). The predicted octanol–water partition coefficient (Wildman–Crippen LogP) is 2.58. The smallest absolute Gasteiger partial charge is 0.337 e. The number of carbonyl (C=O) groups is 1. The van der Waals surface area contributed by atoms with Gasteiger partial charge in [-0.1, -0.05) is 0 Å². The van der Waals surface area contributed by atoms with Crippen molar-refractivity contribution in [3.8, 4) is 0 Å². The van der Waals surface area contributed by atoms with Gasteiger partial charge in [0.25, 0.3) is 0 Å². The van der Waals surface area contributed by atoms with E-state index in [4.69, 9.17) is 15.6 Å². The Bertz CT molecular complexity index is 419. The van der Waals surface area contributed by atoms with E-state index in [0.717, 1.165) is 19.4 Å². The molecule has 0 atom stereocenters. The highest BCUT2D eigenvalue weighted by Gasteiger charge is 2.09. The molecule has 0 saturated heterocycles. The van der Waals surface area contributed by atoms with Crippen molar-refractivity contribution in [3.05, 3.63) is 23.8 Å². The van der Waals surface area contributed by atoms with Crippen molar-refractivity contribution in [1.29, 1.82) is 0 Å². The molecule has 5 heteroatoms. The molecule has 5 nitrogen and oxygen atoms in total. The summed E-state index contributed by atoms with van der Waals surface area (Å²) < 4.78 is 5.43. The number of carboxylic acids is 1. The number of benzene rings is 1. The lowest BCUT2D eigenvalue weighted by atomic mass is 10.1. The molecule has 0 aliphatic heterocycles. The van der Waals surface area contributed by atoms with Gasteiger partial charge < -0.3 is 20.9 Å². The van der Waals surface area contributed by atoms with Crippen LogP contribution in [0.1, 0.15) is 37.0 Å². The topological polar surface area (TPSA) is 84.6 Å². The molecule has 0 aliphatic carbocycles. The number of rotatable bonds is 8. The second kappa shape index (κ2) is 7.63. The largest absolute Gasteiger partial charge is 0.478 e. The Labute approximate surface area is 113 Å². The number of nitrogens with one attached hydrogen (secondary N) is 1. The van der Waals surface area contributed by atoms with Crippen LogP contribution in [0.5, 0.6) is 0 Å². The maximum atomic E-state index is 11.0. The second-order valence-electron chi connectivity index (χ2n) is 4.66. The molecule has 0 aromatic heterocycles. The Balaban J connectivity index is 2.40. The summed E-state index contributed by atoms with van der Waals surface area (Å²) >= 11 is 0. The number of carboxylic acid groups (broad SMARTS) is 1. The van der Waals surface area contributed by atoms with Gasteiger partial charge >= 0.3 is 5.97 Å². The first-order valence-electron chi connectivity index (χ1n) is 6.49. The molecular formula is C14H22N2O3. The van der Waals surface area contributed by atoms with Gasteiger partial charge in [-0.25, -0.2) is 4.79 Å². The molecule has 0 fully saturated rings. The minimum atomic E-state index is -0.953. The molecule has 0 radical (unpaired) electrons. The monoisotopic (exact) mass is 266 g/mol. The Hall–Kier alpha value is -1.75. The number of ether oxygens (including phenoxy) is 1. The van der Waals surface area contributed by atoms with Crippen LogP contribution >= 0.6 is 0 Å². The highest BCUT2D eigenvalue weighted by molar-refractivity contribution is 5.95. The summed E-state index contributed by atoms with van der Waals surface area (Å²) in [4.78, 5) is 11.0. The van der Waals surface area contributed by atoms with Crippen LogP contribution in [-0.2, 0) is 4.74 Å². The van der Waals surface area contributed by atoms with E-state index in [1.807, 2.05) is 13.8 Å². The molecule has 0 unspecified atom stereocenters. The molecule has 0 spiro atoms. The van der Waals surface area contributed by atoms with Crippen molar-refractivity contribution in [2.24, 2.45) is 0 Å². The zero-order chi connectivity index (χ0) is 14.3. The predicted molar refractivity (Wildman–Crippen MR) is 76.6 cm³/mol. The molecule has 4 N–H and O–H groups in total. The first kappa shape index (κ1) is 15.3. The van der Waals surface area contributed by atoms with Crippen LogP contribution in [0, 0.1) is 0 Å². The van der Waals surface area contributed by atoms with Gasteiger partial charge in [-0.15, -0.1) is 0 Å². The molecule has 106 valence electrons. The van der Waals surface area contributed by atoms with E-state index in [2.05, 4.69) is 5.32 Å². The summed E-state index contributed by atoms with van der Waals surface area (Å²) in [6.07, 6.45) is 2.11. The van der Waals surface area contributed by atoms with Crippen LogP contribution in [0.2, 0.25) is 0 Å². The summed E-state index contributed by atoms with van der Waals surface area (Å²) in [5.41, 5.74) is 7.02. The summed E-state index contributed by atoms with van der Waals surface area (Å²) in [5.74, 6) is -0.953. The highest BCUT2D eigenvalue weighted by atomic mass is 16.5. The Morgan fingerprint density at radius 1 is 1.42 bits per heavy atom. The fourth-order valence-corrected chi connectivity index (χ4v) is 1.66. The van der Waals surface area contributed by atoms with Gasteiger partial charge in [0, 0.05) is 18.8 Å². The van der Waals surface area contributed by atoms with E-state index < -0.39 is 5.97 Å². The van der Waals surface area contributed by atoms with Gasteiger partial charge in [-0.3, -0.25) is 0 Å². The van der Waals surface area contributed by atoms with Gasteiger partial charge in [0.1, 0.15) is 0 Å². The Kier molecular flexibility index (Phi) is 6.15. The van der Waals surface area contributed by atoms with Gasteiger partial charge in [0.2, 0.25) is 0 Å². The zero-order valence-corrected chi connectivity index (χ0v) is 11.5. The van der Waals surface area contributed by atoms with Gasteiger partial charge in [-0.2, -0.15) is 0 Å². The third kappa shape index (κ3) is 5.61. The number of hydrogen-bond acceptors (Lipinski definition) is 4. The summed E-state index contributed by atoms with van der Waals surface area (Å²) in [7, 11) is 0. The van der Waals surface area contributed by atoms with Crippen LogP contribution in [0.15, 0.2) is 18.2 Å². The molecule has 0 aliphatic rings. The fraction of sp³-hybridized carbons (Fsp3) is 0.500. The van der Waals surface area contributed by atoms with E-state index in [-0.39, 0.29) is 11.7 Å². The first-order valence-corrected chi connectivity index (χ1v) is 6.49. The third-order valence-electron chi connectivity index (χ3n) is 2.61. The Morgan fingerprint density at radius 2 is 2.16 bits per heavy atom. The SMILES string of the molecule is CC(C)OCCCCNc1cc(N)ccc1C(=O)O. The van der Waals surface area contributed by atoms with Crippen LogP contribution in [0.4, 0.5) is 11.4 Å². The van der Waals surface area contributed by atoms with Gasteiger partial charge in [0.15, 0.2) is 0 Å². The van der Waals surface area contributed by atoms with Crippen LogP contribution in [0.25, 0.3) is 0 Å². The molecule has 0 heterocycles. The van der Waals surface area contributed by atoms with Crippen LogP contribution in [-0.4, -0.2) is 30.3 Å². The number of nitrogens with two attached hydrogens (primary N) is 1. The lowest BCUT2D eigenvalue weighted by Crippen LogP contribution is -2.10. The number of aromatic carboxylic acids is 1.